The number of nitrogens with two attached hydrogens (primary N) is 1. The lowest BCUT2D eigenvalue weighted by Crippen LogP contribution is -2.01. The van der Waals surface area contributed by atoms with Crippen LogP contribution in [0.2, 0.25) is 0 Å². The first-order valence-electron chi connectivity index (χ1n) is 5.24. The molecular weight excluding hydrogens is 198 g/mol. The van der Waals surface area contributed by atoms with E-state index in [1.54, 1.807) is 18.2 Å². The average molecular weight is 217 g/mol. The molecule has 1 aromatic rings. The van der Waals surface area contributed by atoms with Gasteiger partial charge in [0.05, 0.1) is 17.1 Å². The largest absolute Gasteiger partial charge is 0.382 e. The number of aryl methyl sites for hydroxylation is 1. The van der Waals surface area contributed by atoms with Crippen LogP contribution >= 0.6 is 0 Å². The zero-order valence-electron chi connectivity index (χ0n) is 10.2. The van der Waals surface area contributed by atoms with E-state index in [4.69, 9.17) is 5.73 Å². The highest BCUT2D eigenvalue weighted by atomic mass is 14.9. The molecule has 0 aliphatic rings. The Morgan fingerprint density at radius 3 is 2.25 bits per heavy atom. The first-order chi connectivity index (χ1) is 7.69. The molecular formula is C13H19N3. The normalized spacial score (nSPS) is 9.44. The number of aromatic nitrogens is 2. The predicted molar refractivity (Wildman–Crippen MR) is 71.9 cm³/mol. The summed E-state index contributed by atoms with van der Waals surface area (Å²) in [5.41, 5.74) is 7.79. The number of anilines is 1. The molecule has 0 aliphatic heterocycles. The summed E-state index contributed by atoms with van der Waals surface area (Å²) in [6.45, 7) is 13.1. The third-order valence-electron chi connectivity index (χ3n) is 1.75. The summed E-state index contributed by atoms with van der Waals surface area (Å²) < 4.78 is 0. The van der Waals surface area contributed by atoms with Crippen molar-refractivity contribution in [1.29, 1.82) is 0 Å². The molecule has 0 saturated carbocycles. The van der Waals surface area contributed by atoms with Crippen LogP contribution in [-0.2, 0) is 0 Å². The van der Waals surface area contributed by atoms with Crippen LogP contribution in [0.1, 0.15) is 30.9 Å². The number of hydrogen-bond acceptors (Lipinski definition) is 3. The molecule has 0 fully saturated rings. The van der Waals surface area contributed by atoms with Gasteiger partial charge in [0, 0.05) is 0 Å². The standard InChI is InChI=1S/C11H13N3.C2H6/c1-4-6-7-10-9(5-2)14-11(12)8(3)13-10;1-2/h4-7H,1-2H2,3H3,(H2,12,14);1-2H3/b7-6-;. The fraction of sp³-hybridized carbons (Fsp3) is 0.231. The van der Waals surface area contributed by atoms with Crippen LogP contribution in [0.25, 0.3) is 12.2 Å². The molecule has 0 spiro atoms. The van der Waals surface area contributed by atoms with Gasteiger partial charge in [0.2, 0.25) is 0 Å². The maximum atomic E-state index is 5.63. The van der Waals surface area contributed by atoms with E-state index in [1.165, 1.54) is 0 Å². The van der Waals surface area contributed by atoms with Crippen molar-refractivity contribution in [3.63, 3.8) is 0 Å². The Labute approximate surface area is 97.4 Å². The van der Waals surface area contributed by atoms with E-state index in [0.29, 0.717) is 11.5 Å². The van der Waals surface area contributed by atoms with E-state index in [9.17, 15) is 0 Å². The molecule has 0 bridgehead atoms. The molecule has 0 radical (unpaired) electrons. The van der Waals surface area contributed by atoms with Gasteiger partial charge in [-0.1, -0.05) is 39.2 Å². The number of allylic oxidation sites excluding steroid dienone is 2. The van der Waals surface area contributed by atoms with Gasteiger partial charge in [-0.05, 0) is 19.1 Å². The molecule has 0 aromatic carbocycles. The van der Waals surface area contributed by atoms with E-state index in [1.807, 2.05) is 26.8 Å². The van der Waals surface area contributed by atoms with Crippen LogP contribution in [0.15, 0.2) is 25.3 Å². The molecule has 1 aromatic heterocycles. The van der Waals surface area contributed by atoms with Crippen LogP contribution in [0, 0.1) is 6.92 Å². The smallest absolute Gasteiger partial charge is 0.145 e. The molecule has 1 heterocycles. The monoisotopic (exact) mass is 217 g/mol. The topological polar surface area (TPSA) is 51.8 Å². The third kappa shape index (κ3) is 3.69. The van der Waals surface area contributed by atoms with Crippen LogP contribution < -0.4 is 5.73 Å². The lowest BCUT2D eigenvalue weighted by atomic mass is 10.2. The van der Waals surface area contributed by atoms with Crippen molar-refractivity contribution in [3.05, 3.63) is 42.4 Å². The molecule has 3 nitrogen and oxygen atoms in total. The van der Waals surface area contributed by atoms with E-state index in [0.717, 1.165) is 11.4 Å². The summed E-state index contributed by atoms with van der Waals surface area (Å²) in [6.07, 6.45) is 6.93. The van der Waals surface area contributed by atoms with Gasteiger partial charge in [0.1, 0.15) is 5.82 Å². The predicted octanol–water partition coefficient (Wildman–Crippen LogP) is 3.24. The van der Waals surface area contributed by atoms with Crippen molar-refractivity contribution in [2.24, 2.45) is 0 Å². The van der Waals surface area contributed by atoms with E-state index >= 15 is 0 Å². The summed E-state index contributed by atoms with van der Waals surface area (Å²) in [7, 11) is 0. The Kier molecular flexibility index (Phi) is 6.52. The lowest BCUT2D eigenvalue weighted by Gasteiger charge is -2.03. The van der Waals surface area contributed by atoms with E-state index in [-0.39, 0.29) is 0 Å². The van der Waals surface area contributed by atoms with E-state index in [2.05, 4.69) is 23.1 Å². The number of nitrogens with zero attached hydrogens (tertiary/aromatic N) is 2. The van der Waals surface area contributed by atoms with Crippen LogP contribution in [0.3, 0.4) is 0 Å². The molecule has 2 N–H and O–H groups in total. The van der Waals surface area contributed by atoms with Crippen LogP contribution in [0.4, 0.5) is 5.82 Å². The van der Waals surface area contributed by atoms with Gasteiger partial charge in [0.25, 0.3) is 0 Å². The minimum absolute atomic E-state index is 0.440. The molecule has 0 aliphatic carbocycles. The highest BCUT2D eigenvalue weighted by Gasteiger charge is 2.03. The minimum atomic E-state index is 0.440. The number of rotatable bonds is 3. The SMILES string of the molecule is C=C/C=C\c1nc(C)c(N)nc1C=C.CC. The van der Waals surface area contributed by atoms with Gasteiger partial charge >= 0.3 is 0 Å². The maximum Gasteiger partial charge on any atom is 0.145 e. The van der Waals surface area contributed by atoms with Crippen molar-refractivity contribution in [2.45, 2.75) is 20.8 Å². The van der Waals surface area contributed by atoms with Crippen molar-refractivity contribution in [1.82, 2.24) is 9.97 Å². The second kappa shape index (κ2) is 7.40. The first kappa shape index (κ1) is 14.1. The molecule has 3 heteroatoms. The molecule has 0 saturated heterocycles. The van der Waals surface area contributed by atoms with Gasteiger partial charge < -0.3 is 5.73 Å². The minimum Gasteiger partial charge on any atom is -0.382 e. The molecule has 0 atom stereocenters. The van der Waals surface area contributed by atoms with Crippen LogP contribution in [-0.4, -0.2) is 9.97 Å². The molecule has 0 amide bonds. The average Bonchev–Trinajstić information content (AvgIpc) is 2.32. The van der Waals surface area contributed by atoms with Crippen molar-refractivity contribution in [3.8, 4) is 0 Å². The number of hydrogen-bond donors (Lipinski definition) is 1. The fourth-order valence-electron chi connectivity index (χ4n) is 0.995. The van der Waals surface area contributed by atoms with Crippen molar-refractivity contribution in [2.75, 3.05) is 5.73 Å². The Morgan fingerprint density at radius 2 is 1.75 bits per heavy atom. The summed E-state index contributed by atoms with van der Waals surface area (Å²) in [4.78, 5) is 8.44. The van der Waals surface area contributed by atoms with Crippen molar-refractivity contribution >= 4 is 18.0 Å². The molecule has 16 heavy (non-hydrogen) atoms. The quantitative estimate of drug-likeness (QED) is 0.791. The zero-order valence-corrected chi connectivity index (χ0v) is 10.2. The molecule has 86 valence electrons. The Bertz CT molecular complexity index is 392. The summed E-state index contributed by atoms with van der Waals surface area (Å²) in [5, 5.41) is 0. The van der Waals surface area contributed by atoms with Gasteiger partial charge in [-0.2, -0.15) is 0 Å². The third-order valence-corrected chi connectivity index (χ3v) is 1.75. The van der Waals surface area contributed by atoms with Crippen molar-refractivity contribution < 1.29 is 0 Å². The summed E-state index contributed by atoms with van der Waals surface area (Å²) in [5.74, 6) is 0.440. The Hall–Kier alpha value is -1.90. The first-order valence-corrected chi connectivity index (χ1v) is 5.24. The fourth-order valence-corrected chi connectivity index (χ4v) is 0.995. The summed E-state index contributed by atoms with van der Waals surface area (Å²) in [6, 6.07) is 0. The second-order valence-electron chi connectivity index (χ2n) is 2.76. The molecule has 0 unspecified atom stereocenters. The van der Waals surface area contributed by atoms with Gasteiger partial charge in [0.15, 0.2) is 0 Å². The number of nitrogen functional groups attached to an aromatic ring is 1. The van der Waals surface area contributed by atoms with Crippen LogP contribution in [0.5, 0.6) is 0 Å². The molecule has 1 rings (SSSR count). The summed E-state index contributed by atoms with van der Waals surface area (Å²) >= 11 is 0. The second-order valence-corrected chi connectivity index (χ2v) is 2.76. The van der Waals surface area contributed by atoms with Gasteiger partial charge in [-0.15, -0.1) is 0 Å². The maximum absolute atomic E-state index is 5.63. The Balaban J connectivity index is 0.00000106. The highest BCUT2D eigenvalue weighted by Crippen LogP contribution is 2.12. The Morgan fingerprint density at radius 1 is 1.12 bits per heavy atom. The highest BCUT2D eigenvalue weighted by molar-refractivity contribution is 5.61. The van der Waals surface area contributed by atoms with Gasteiger partial charge in [-0.3, -0.25) is 0 Å². The lowest BCUT2D eigenvalue weighted by molar-refractivity contribution is 1.10. The zero-order chi connectivity index (χ0) is 12.6. The van der Waals surface area contributed by atoms with E-state index < -0.39 is 0 Å². The van der Waals surface area contributed by atoms with Gasteiger partial charge in [-0.25, -0.2) is 9.97 Å².